The van der Waals surface area contributed by atoms with Gasteiger partial charge in [0.25, 0.3) is 0 Å². The van der Waals surface area contributed by atoms with Crippen molar-refractivity contribution in [3.63, 3.8) is 0 Å². The van der Waals surface area contributed by atoms with E-state index in [4.69, 9.17) is 0 Å². The summed E-state index contributed by atoms with van der Waals surface area (Å²) < 4.78 is 0. The van der Waals surface area contributed by atoms with Crippen molar-refractivity contribution in [3.05, 3.63) is 30.1 Å². The molecule has 0 amide bonds. The fourth-order valence-electron chi connectivity index (χ4n) is 2.81. The van der Waals surface area contributed by atoms with Gasteiger partial charge in [-0.25, -0.2) is 0 Å². The molecule has 3 atom stereocenters. The van der Waals surface area contributed by atoms with E-state index in [1.54, 1.807) is 0 Å². The van der Waals surface area contributed by atoms with Gasteiger partial charge >= 0.3 is 0 Å². The minimum atomic E-state index is 0.276. The molecule has 0 saturated carbocycles. The molecule has 1 aliphatic heterocycles. The maximum Gasteiger partial charge on any atom is 0.0580 e. The maximum atomic E-state index is 4.61. The quantitative estimate of drug-likeness (QED) is 0.732. The normalized spacial score (nSPS) is 25.2. The van der Waals surface area contributed by atoms with Crippen molar-refractivity contribution in [2.45, 2.75) is 53.1 Å². The molecule has 0 aromatic carbocycles. The van der Waals surface area contributed by atoms with Gasteiger partial charge in [0.05, 0.1) is 11.7 Å². The standard InChI is InChI=1S/C16H26N2/c1-6-16(4,5)15(13-9-7-8-10-17-13)18-11-14(18)12(2)3/h7-10,12,14-15H,6,11H2,1-5H3/t14-,15+,18?/m0/s1. The van der Waals surface area contributed by atoms with E-state index in [0.29, 0.717) is 6.04 Å². The molecular formula is C16H26N2. The van der Waals surface area contributed by atoms with Gasteiger partial charge in [0, 0.05) is 18.8 Å². The predicted molar refractivity (Wildman–Crippen MR) is 76.4 cm³/mol. The van der Waals surface area contributed by atoms with Crippen molar-refractivity contribution in [2.75, 3.05) is 6.54 Å². The van der Waals surface area contributed by atoms with Gasteiger partial charge in [0.1, 0.15) is 0 Å². The lowest BCUT2D eigenvalue weighted by molar-refractivity contribution is 0.157. The van der Waals surface area contributed by atoms with Crippen LogP contribution in [0.2, 0.25) is 0 Å². The molecular weight excluding hydrogens is 220 g/mol. The summed E-state index contributed by atoms with van der Waals surface area (Å²) in [7, 11) is 0. The topological polar surface area (TPSA) is 15.9 Å². The summed E-state index contributed by atoms with van der Waals surface area (Å²) in [5, 5.41) is 0. The smallest absolute Gasteiger partial charge is 0.0580 e. The van der Waals surface area contributed by atoms with Crippen molar-refractivity contribution in [1.82, 2.24) is 9.88 Å². The Kier molecular flexibility index (Phi) is 3.76. The van der Waals surface area contributed by atoms with Crippen LogP contribution in [0.25, 0.3) is 0 Å². The van der Waals surface area contributed by atoms with E-state index >= 15 is 0 Å². The molecule has 2 heterocycles. The third kappa shape index (κ3) is 2.59. The summed E-state index contributed by atoms with van der Waals surface area (Å²) in [4.78, 5) is 7.23. The average Bonchev–Trinajstić information content (AvgIpc) is 3.10. The van der Waals surface area contributed by atoms with Gasteiger partial charge in [0.15, 0.2) is 0 Å². The number of pyridine rings is 1. The molecule has 2 heteroatoms. The van der Waals surface area contributed by atoms with E-state index in [-0.39, 0.29) is 5.41 Å². The molecule has 1 aromatic heterocycles. The minimum absolute atomic E-state index is 0.276. The highest BCUT2D eigenvalue weighted by Crippen LogP contribution is 2.46. The second kappa shape index (κ2) is 5.00. The maximum absolute atomic E-state index is 4.61. The fraction of sp³-hybridized carbons (Fsp3) is 0.688. The van der Waals surface area contributed by atoms with Crippen molar-refractivity contribution < 1.29 is 0 Å². The molecule has 0 bridgehead atoms. The van der Waals surface area contributed by atoms with E-state index < -0.39 is 0 Å². The highest BCUT2D eigenvalue weighted by molar-refractivity contribution is 5.16. The van der Waals surface area contributed by atoms with Gasteiger partial charge in [-0.15, -0.1) is 0 Å². The summed E-state index contributed by atoms with van der Waals surface area (Å²) in [6, 6.07) is 7.48. The van der Waals surface area contributed by atoms with Crippen LogP contribution in [-0.2, 0) is 0 Å². The second-order valence-corrected chi connectivity index (χ2v) is 6.51. The molecule has 18 heavy (non-hydrogen) atoms. The summed E-state index contributed by atoms with van der Waals surface area (Å²) in [6.07, 6.45) is 3.09. The zero-order valence-electron chi connectivity index (χ0n) is 12.4. The number of aromatic nitrogens is 1. The zero-order chi connectivity index (χ0) is 13.3. The predicted octanol–water partition coefficient (Wildman–Crippen LogP) is 3.90. The number of hydrogen-bond acceptors (Lipinski definition) is 2. The van der Waals surface area contributed by atoms with Crippen molar-refractivity contribution in [2.24, 2.45) is 11.3 Å². The molecule has 1 aromatic rings. The van der Waals surface area contributed by atoms with Gasteiger partial charge in [-0.3, -0.25) is 9.88 Å². The Hall–Kier alpha value is -0.890. The SMILES string of the molecule is CCC(C)(C)[C@@H](c1ccccn1)N1C[C@H]1C(C)C. The summed E-state index contributed by atoms with van der Waals surface area (Å²) >= 11 is 0. The molecule has 2 rings (SSSR count). The molecule has 1 fully saturated rings. The first-order valence-corrected chi connectivity index (χ1v) is 7.14. The van der Waals surface area contributed by atoms with Crippen LogP contribution >= 0.6 is 0 Å². The van der Waals surface area contributed by atoms with Gasteiger partial charge in [-0.05, 0) is 29.9 Å². The fourth-order valence-corrected chi connectivity index (χ4v) is 2.81. The Morgan fingerprint density at radius 3 is 2.56 bits per heavy atom. The first-order valence-electron chi connectivity index (χ1n) is 7.14. The van der Waals surface area contributed by atoms with Crippen LogP contribution in [0.5, 0.6) is 0 Å². The molecule has 1 aliphatic rings. The van der Waals surface area contributed by atoms with E-state index in [1.807, 2.05) is 12.3 Å². The Labute approximate surface area is 111 Å². The second-order valence-electron chi connectivity index (χ2n) is 6.51. The third-order valence-corrected chi connectivity index (χ3v) is 4.41. The van der Waals surface area contributed by atoms with Crippen molar-refractivity contribution in [1.29, 1.82) is 0 Å². The Bertz CT molecular complexity index is 383. The third-order valence-electron chi connectivity index (χ3n) is 4.41. The Morgan fingerprint density at radius 1 is 1.39 bits per heavy atom. The Balaban J connectivity index is 2.26. The van der Waals surface area contributed by atoms with E-state index in [0.717, 1.165) is 12.0 Å². The molecule has 0 N–H and O–H groups in total. The average molecular weight is 246 g/mol. The van der Waals surface area contributed by atoms with Gasteiger partial charge in [-0.1, -0.05) is 40.7 Å². The highest BCUT2D eigenvalue weighted by atomic mass is 15.3. The van der Waals surface area contributed by atoms with Crippen LogP contribution < -0.4 is 0 Å². The van der Waals surface area contributed by atoms with Gasteiger partial charge < -0.3 is 0 Å². The molecule has 1 saturated heterocycles. The van der Waals surface area contributed by atoms with Crippen LogP contribution in [0.1, 0.15) is 52.8 Å². The van der Waals surface area contributed by atoms with Crippen molar-refractivity contribution in [3.8, 4) is 0 Å². The molecule has 0 aliphatic carbocycles. The van der Waals surface area contributed by atoms with Crippen LogP contribution in [0.3, 0.4) is 0 Å². The molecule has 1 unspecified atom stereocenters. The monoisotopic (exact) mass is 246 g/mol. The molecule has 0 radical (unpaired) electrons. The molecule has 100 valence electrons. The lowest BCUT2D eigenvalue weighted by Crippen LogP contribution is -2.30. The first-order chi connectivity index (χ1) is 8.47. The van der Waals surface area contributed by atoms with E-state index in [2.05, 4.69) is 56.6 Å². The van der Waals surface area contributed by atoms with Gasteiger partial charge in [0.2, 0.25) is 0 Å². The largest absolute Gasteiger partial charge is 0.288 e. The zero-order valence-corrected chi connectivity index (χ0v) is 12.4. The molecule has 0 spiro atoms. The van der Waals surface area contributed by atoms with Crippen molar-refractivity contribution >= 4 is 0 Å². The Morgan fingerprint density at radius 2 is 2.11 bits per heavy atom. The van der Waals surface area contributed by atoms with Crippen LogP contribution in [-0.4, -0.2) is 22.5 Å². The lowest BCUT2D eigenvalue weighted by atomic mass is 9.79. The highest BCUT2D eigenvalue weighted by Gasteiger charge is 2.47. The number of rotatable bonds is 5. The minimum Gasteiger partial charge on any atom is -0.288 e. The number of hydrogen-bond donors (Lipinski definition) is 0. The summed E-state index contributed by atoms with van der Waals surface area (Å²) in [6.45, 7) is 12.9. The molecule has 2 nitrogen and oxygen atoms in total. The lowest BCUT2D eigenvalue weighted by Gasteiger charge is -2.35. The van der Waals surface area contributed by atoms with Crippen LogP contribution in [0, 0.1) is 11.3 Å². The van der Waals surface area contributed by atoms with E-state index in [9.17, 15) is 0 Å². The number of nitrogens with zero attached hydrogens (tertiary/aromatic N) is 2. The first kappa shape index (κ1) is 13.5. The van der Waals surface area contributed by atoms with Gasteiger partial charge in [-0.2, -0.15) is 0 Å². The summed E-state index contributed by atoms with van der Waals surface area (Å²) in [5.41, 5.74) is 1.50. The van der Waals surface area contributed by atoms with E-state index in [1.165, 1.54) is 18.7 Å². The van der Waals surface area contributed by atoms with Crippen LogP contribution in [0.4, 0.5) is 0 Å². The van der Waals surface area contributed by atoms with Crippen LogP contribution in [0.15, 0.2) is 24.4 Å². The summed E-state index contributed by atoms with van der Waals surface area (Å²) in [5.74, 6) is 0.740.